The number of carbonyl (C=O) groups is 3. The first kappa shape index (κ1) is 27.4. The number of likely N-dealkylation sites (N-methyl/N-ethyl adjacent to an activating group) is 1. The Morgan fingerprint density at radius 1 is 1.23 bits per heavy atom. The maximum Gasteiger partial charge on any atom is 0.421 e. The molecule has 1 heterocycles. The summed E-state index contributed by atoms with van der Waals surface area (Å²) in [4.78, 5) is 38.3. The topological polar surface area (TPSA) is 146 Å². The highest BCUT2D eigenvalue weighted by atomic mass is 32.3. The highest BCUT2D eigenvalue weighted by Crippen LogP contribution is 2.50. The van der Waals surface area contributed by atoms with Crippen LogP contribution in [0.15, 0.2) is 11.6 Å². The van der Waals surface area contributed by atoms with E-state index in [4.69, 9.17) is 18.9 Å². The van der Waals surface area contributed by atoms with Gasteiger partial charge in [-0.2, -0.15) is 13.5 Å². The first-order chi connectivity index (χ1) is 16.1. The van der Waals surface area contributed by atoms with Crippen molar-refractivity contribution in [1.82, 2.24) is 9.96 Å². The molecule has 2 bridgehead atoms. The first-order valence-corrected chi connectivity index (χ1v) is 13.3. The minimum atomic E-state index is -4.62. The van der Waals surface area contributed by atoms with E-state index in [0.29, 0.717) is 23.8 Å². The number of allylic oxidation sites excluding steroid dienone is 2. The maximum absolute atomic E-state index is 12.9. The van der Waals surface area contributed by atoms with E-state index in [-0.39, 0.29) is 25.6 Å². The summed E-state index contributed by atoms with van der Waals surface area (Å²) in [6.45, 7) is 6.79. The number of amides is 3. The molecule has 2 unspecified atom stereocenters. The lowest BCUT2D eigenvalue weighted by Crippen LogP contribution is -2.50. The fourth-order valence-corrected chi connectivity index (χ4v) is 6.00. The number of fused-ring (bicyclic) bond motifs is 2. The Labute approximate surface area is 207 Å². The van der Waals surface area contributed by atoms with Crippen LogP contribution in [0.2, 0.25) is 0 Å². The number of nitrogens with two attached hydrogens (primary N) is 1. The van der Waals surface area contributed by atoms with Crippen LogP contribution in [0.4, 0.5) is 4.79 Å². The van der Waals surface area contributed by atoms with E-state index in [9.17, 15) is 22.8 Å². The number of ether oxygens (including phenoxy) is 1. The zero-order valence-electron chi connectivity index (χ0n) is 21.1. The number of carbonyl (C=O) groups excluding carboxylic acids is 3. The molecule has 3 amide bonds. The van der Waals surface area contributed by atoms with Gasteiger partial charge in [0.25, 0.3) is 0 Å². The minimum Gasteiger partial charge on any atom is -0.465 e. The Balaban J connectivity index is 1.55. The van der Waals surface area contributed by atoms with Crippen LogP contribution in [-0.2, 0) is 33.2 Å². The number of esters is 1. The van der Waals surface area contributed by atoms with Crippen molar-refractivity contribution in [3.8, 4) is 0 Å². The molecule has 198 valence electrons. The molecular formula is C23H37N3O8S. The highest BCUT2D eigenvalue weighted by molar-refractivity contribution is 7.81. The van der Waals surface area contributed by atoms with Crippen molar-refractivity contribution in [1.29, 1.82) is 0 Å². The Kier molecular flexibility index (Phi) is 7.88. The fraction of sp³-hybridized carbons (Fsp3) is 0.783. The van der Waals surface area contributed by atoms with Crippen molar-refractivity contribution in [3.63, 3.8) is 0 Å². The van der Waals surface area contributed by atoms with Gasteiger partial charge in [-0.05, 0) is 51.4 Å². The van der Waals surface area contributed by atoms with Gasteiger partial charge in [-0.1, -0.05) is 32.4 Å². The lowest BCUT2D eigenvalue weighted by molar-refractivity contribution is -0.161. The smallest absolute Gasteiger partial charge is 0.421 e. The van der Waals surface area contributed by atoms with E-state index >= 15 is 0 Å². The predicted molar refractivity (Wildman–Crippen MR) is 126 cm³/mol. The van der Waals surface area contributed by atoms with Crippen LogP contribution in [0.5, 0.6) is 0 Å². The van der Waals surface area contributed by atoms with Gasteiger partial charge in [0.1, 0.15) is 6.04 Å². The second kappa shape index (κ2) is 10.1. The molecule has 2 N–H and O–H groups in total. The number of urea groups is 1. The van der Waals surface area contributed by atoms with Crippen LogP contribution < -0.4 is 5.73 Å². The number of nitrogens with zero attached hydrogens (tertiary/aromatic N) is 2. The van der Waals surface area contributed by atoms with E-state index in [1.165, 1.54) is 12.6 Å². The molecule has 11 nitrogen and oxygen atoms in total. The first-order valence-electron chi connectivity index (χ1n) is 11.9. The molecular weight excluding hydrogens is 478 g/mol. The Morgan fingerprint density at radius 3 is 2.57 bits per heavy atom. The van der Waals surface area contributed by atoms with Gasteiger partial charge in [0.05, 0.1) is 24.7 Å². The molecule has 1 saturated heterocycles. The third kappa shape index (κ3) is 6.34. The number of hydrogen-bond donors (Lipinski definition) is 1. The standard InChI is InChI=1S/C23H37N3O8S/c1-15-10-17-8-9-23(11-15,12-17)20(28)32-13-22(3,4)14-33-35(30,31)34-26-16(2)6-7-18(19(24)27)25(5)21(26)29/h8,15-16,18H,6-7,9-14H2,1-5H3,(H2,24,27)/t15?,16-,18-,23?/m0/s1. The summed E-state index contributed by atoms with van der Waals surface area (Å²) < 4.78 is 40.7. The SMILES string of the molecule is CC1CC2=CCC(C(=O)OCC(C)(C)COS(=O)(=O)ON3C(=O)N(C)[C@H](C(N)=O)CC[C@@H]3C)(C2)C1. The van der Waals surface area contributed by atoms with Gasteiger partial charge in [-0.3, -0.25) is 9.59 Å². The van der Waals surface area contributed by atoms with Crippen molar-refractivity contribution in [2.24, 2.45) is 22.5 Å². The fourth-order valence-electron chi connectivity index (χ4n) is 5.09. The number of hydroxylamine groups is 2. The van der Waals surface area contributed by atoms with E-state index in [1.54, 1.807) is 20.8 Å². The number of hydrogen-bond acceptors (Lipinski definition) is 8. The van der Waals surface area contributed by atoms with Gasteiger partial charge in [-0.25, -0.2) is 8.98 Å². The van der Waals surface area contributed by atoms with Crippen molar-refractivity contribution in [3.05, 3.63) is 11.6 Å². The summed E-state index contributed by atoms with van der Waals surface area (Å²) in [5, 5.41) is 0.680. The molecule has 12 heteroatoms. The van der Waals surface area contributed by atoms with Crippen molar-refractivity contribution in [2.75, 3.05) is 20.3 Å². The molecule has 3 aliphatic rings. The molecule has 2 fully saturated rings. The average molecular weight is 516 g/mol. The number of primary amides is 1. The zero-order valence-corrected chi connectivity index (χ0v) is 21.9. The molecule has 2 aliphatic carbocycles. The van der Waals surface area contributed by atoms with Crippen molar-refractivity contribution >= 4 is 28.3 Å². The van der Waals surface area contributed by atoms with Gasteiger partial charge in [0.2, 0.25) is 5.91 Å². The van der Waals surface area contributed by atoms with Gasteiger partial charge in [0.15, 0.2) is 0 Å². The summed E-state index contributed by atoms with van der Waals surface area (Å²) in [6, 6.07) is -2.32. The lowest BCUT2D eigenvalue weighted by atomic mass is 9.71. The van der Waals surface area contributed by atoms with Crippen molar-refractivity contribution in [2.45, 2.75) is 78.3 Å². The Bertz CT molecular complexity index is 995. The highest BCUT2D eigenvalue weighted by Gasteiger charge is 2.47. The third-order valence-electron chi connectivity index (χ3n) is 7.03. The number of rotatable bonds is 9. The van der Waals surface area contributed by atoms with Gasteiger partial charge >= 0.3 is 22.4 Å². The molecule has 1 aliphatic heterocycles. The monoisotopic (exact) mass is 515 g/mol. The molecule has 0 aromatic heterocycles. The molecule has 0 aromatic carbocycles. The van der Waals surface area contributed by atoms with E-state index in [0.717, 1.165) is 24.2 Å². The van der Waals surface area contributed by atoms with Crippen LogP contribution in [-0.4, -0.2) is 68.6 Å². The minimum absolute atomic E-state index is 0.0328. The van der Waals surface area contributed by atoms with Crippen LogP contribution >= 0.6 is 0 Å². The molecule has 1 saturated carbocycles. The summed E-state index contributed by atoms with van der Waals surface area (Å²) in [5.41, 5.74) is 5.31. The van der Waals surface area contributed by atoms with E-state index < -0.39 is 45.3 Å². The largest absolute Gasteiger partial charge is 0.465 e. The molecule has 0 aromatic rings. The Morgan fingerprint density at radius 2 is 1.91 bits per heavy atom. The maximum atomic E-state index is 12.9. The normalized spacial score (nSPS) is 29.6. The second-order valence-electron chi connectivity index (χ2n) is 11.1. The van der Waals surface area contributed by atoms with E-state index in [2.05, 4.69) is 13.0 Å². The van der Waals surface area contributed by atoms with Crippen LogP contribution in [0.3, 0.4) is 0 Å². The summed E-state index contributed by atoms with van der Waals surface area (Å²) >= 11 is 0. The van der Waals surface area contributed by atoms with Crippen molar-refractivity contribution < 1.29 is 36.0 Å². The average Bonchev–Trinajstić information content (AvgIpc) is 3.04. The van der Waals surface area contributed by atoms with Crippen LogP contribution in [0.1, 0.15) is 66.2 Å². The van der Waals surface area contributed by atoms with Gasteiger partial charge in [-0.15, -0.1) is 4.28 Å². The summed E-state index contributed by atoms with van der Waals surface area (Å²) in [7, 11) is -3.27. The van der Waals surface area contributed by atoms with Gasteiger partial charge in [0, 0.05) is 12.5 Å². The predicted octanol–water partition coefficient (Wildman–Crippen LogP) is 2.28. The van der Waals surface area contributed by atoms with Crippen LogP contribution in [0, 0.1) is 16.7 Å². The molecule has 0 spiro atoms. The second-order valence-corrected chi connectivity index (χ2v) is 12.3. The lowest BCUT2D eigenvalue weighted by Gasteiger charge is -2.35. The molecule has 0 radical (unpaired) electrons. The van der Waals surface area contributed by atoms with Gasteiger partial charge < -0.3 is 15.4 Å². The third-order valence-corrected chi connectivity index (χ3v) is 7.78. The Hall–Kier alpha value is -2.18. The van der Waals surface area contributed by atoms with Crippen LogP contribution in [0.25, 0.3) is 0 Å². The quantitative estimate of drug-likeness (QED) is 0.364. The molecule has 4 atom stereocenters. The van der Waals surface area contributed by atoms with E-state index in [1.807, 2.05) is 0 Å². The molecule has 35 heavy (non-hydrogen) atoms. The summed E-state index contributed by atoms with van der Waals surface area (Å²) in [6.07, 6.45) is 5.91. The zero-order chi connectivity index (χ0) is 26.2. The summed E-state index contributed by atoms with van der Waals surface area (Å²) in [5.74, 6) is -0.527. The molecule has 3 rings (SSSR count).